The highest BCUT2D eigenvalue weighted by atomic mass is 32.1. The maximum absolute atomic E-state index is 9.83. The third-order valence-corrected chi connectivity index (χ3v) is 4.59. The van der Waals surface area contributed by atoms with E-state index >= 15 is 0 Å². The number of nitrogens with one attached hydrogen (secondary N) is 1. The molecule has 1 unspecified atom stereocenters. The van der Waals surface area contributed by atoms with Crippen LogP contribution in [0.3, 0.4) is 0 Å². The van der Waals surface area contributed by atoms with Crippen molar-refractivity contribution < 1.29 is 5.11 Å². The molecule has 1 fully saturated rings. The van der Waals surface area contributed by atoms with Crippen LogP contribution in [-0.4, -0.2) is 27.1 Å². The second-order valence-electron chi connectivity index (χ2n) is 5.17. The smallest absolute Gasteiger partial charge is 0.194 e. The van der Waals surface area contributed by atoms with Crippen LogP contribution in [0.2, 0.25) is 0 Å². The zero-order chi connectivity index (χ0) is 12.7. The van der Waals surface area contributed by atoms with Gasteiger partial charge in [-0.3, -0.25) is 4.40 Å². The quantitative estimate of drug-likeness (QED) is 0.868. The van der Waals surface area contributed by atoms with Crippen LogP contribution in [0.5, 0.6) is 0 Å². The Kier molecular flexibility index (Phi) is 3.13. The van der Waals surface area contributed by atoms with E-state index in [1.807, 2.05) is 6.92 Å². The Labute approximate surface area is 111 Å². The van der Waals surface area contributed by atoms with Crippen molar-refractivity contribution in [2.75, 3.05) is 6.54 Å². The standard InChI is InChI=1S/C13H19N3OS/c1-8-7-18-13-15-9(2)11(16(8)13)5-14-6-12(17)10-3-4-10/h7,10,12,14,17H,3-6H2,1-2H3. The van der Waals surface area contributed by atoms with Gasteiger partial charge in [0.2, 0.25) is 0 Å². The van der Waals surface area contributed by atoms with Crippen LogP contribution in [0.1, 0.15) is 29.9 Å². The van der Waals surface area contributed by atoms with Gasteiger partial charge >= 0.3 is 0 Å². The minimum atomic E-state index is -0.183. The van der Waals surface area contributed by atoms with Gasteiger partial charge in [0.05, 0.1) is 17.5 Å². The van der Waals surface area contributed by atoms with Crippen molar-refractivity contribution in [3.8, 4) is 0 Å². The first-order valence-corrected chi connectivity index (χ1v) is 7.35. The van der Waals surface area contributed by atoms with E-state index in [0.717, 1.165) is 17.2 Å². The molecule has 0 spiro atoms. The van der Waals surface area contributed by atoms with Gasteiger partial charge in [-0.25, -0.2) is 4.98 Å². The Hall–Kier alpha value is -0.910. The number of imidazole rings is 1. The van der Waals surface area contributed by atoms with Crippen LogP contribution >= 0.6 is 11.3 Å². The van der Waals surface area contributed by atoms with Gasteiger partial charge in [-0.05, 0) is 32.6 Å². The van der Waals surface area contributed by atoms with E-state index in [4.69, 9.17) is 0 Å². The normalized spacial score (nSPS) is 17.5. The predicted octanol–water partition coefficient (Wildman–Crippen LogP) is 1.87. The first kappa shape index (κ1) is 12.1. The van der Waals surface area contributed by atoms with Gasteiger partial charge in [0, 0.05) is 24.2 Å². The lowest BCUT2D eigenvalue weighted by molar-refractivity contribution is 0.148. The average molecular weight is 265 g/mol. The zero-order valence-corrected chi connectivity index (χ0v) is 11.6. The van der Waals surface area contributed by atoms with E-state index in [0.29, 0.717) is 12.5 Å². The molecule has 0 aliphatic heterocycles. The molecule has 2 aromatic rings. The van der Waals surface area contributed by atoms with Crippen LogP contribution in [0.25, 0.3) is 4.96 Å². The SMILES string of the molecule is Cc1nc2scc(C)n2c1CNCC(O)C1CC1. The molecular formula is C13H19N3OS. The van der Waals surface area contributed by atoms with Crippen molar-refractivity contribution >= 4 is 16.3 Å². The van der Waals surface area contributed by atoms with E-state index in [-0.39, 0.29) is 6.10 Å². The molecule has 1 aliphatic rings. The first-order valence-electron chi connectivity index (χ1n) is 6.47. The maximum Gasteiger partial charge on any atom is 0.194 e. The molecule has 1 atom stereocenters. The molecule has 0 aromatic carbocycles. The molecule has 0 bridgehead atoms. The second kappa shape index (κ2) is 4.64. The molecule has 2 N–H and O–H groups in total. The third-order valence-electron chi connectivity index (χ3n) is 3.64. The molecule has 2 aromatic heterocycles. The highest BCUT2D eigenvalue weighted by Crippen LogP contribution is 2.32. The van der Waals surface area contributed by atoms with Crippen molar-refractivity contribution in [2.45, 2.75) is 39.3 Å². The Balaban J connectivity index is 1.69. The van der Waals surface area contributed by atoms with Gasteiger partial charge in [0.25, 0.3) is 0 Å². The number of thiazole rings is 1. The molecule has 98 valence electrons. The maximum atomic E-state index is 9.83. The molecule has 18 heavy (non-hydrogen) atoms. The molecule has 1 aliphatic carbocycles. The summed E-state index contributed by atoms with van der Waals surface area (Å²) in [6, 6.07) is 0. The summed E-state index contributed by atoms with van der Waals surface area (Å²) in [7, 11) is 0. The molecule has 0 radical (unpaired) electrons. The summed E-state index contributed by atoms with van der Waals surface area (Å²) in [6.45, 7) is 5.61. The Bertz CT molecular complexity index is 556. The third kappa shape index (κ3) is 2.18. The Morgan fingerprint density at radius 2 is 2.33 bits per heavy atom. The molecule has 0 amide bonds. The fourth-order valence-electron chi connectivity index (χ4n) is 2.36. The van der Waals surface area contributed by atoms with Gasteiger partial charge in [0.1, 0.15) is 0 Å². The summed E-state index contributed by atoms with van der Waals surface area (Å²) in [5.74, 6) is 0.534. The summed E-state index contributed by atoms with van der Waals surface area (Å²) < 4.78 is 2.20. The summed E-state index contributed by atoms with van der Waals surface area (Å²) in [5.41, 5.74) is 3.53. The fraction of sp³-hybridized carbons (Fsp3) is 0.615. The topological polar surface area (TPSA) is 49.6 Å². The van der Waals surface area contributed by atoms with Crippen LogP contribution in [0, 0.1) is 19.8 Å². The second-order valence-corrected chi connectivity index (χ2v) is 6.01. The summed E-state index contributed by atoms with van der Waals surface area (Å²) >= 11 is 1.68. The van der Waals surface area contributed by atoms with Gasteiger partial charge in [0.15, 0.2) is 4.96 Å². The van der Waals surface area contributed by atoms with E-state index in [9.17, 15) is 5.11 Å². The minimum Gasteiger partial charge on any atom is -0.392 e. The molecule has 1 saturated carbocycles. The van der Waals surface area contributed by atoms with Gasteiger partial charge in [-0.15, -0.1) is 11.3 Å². The number of nitrogens with zero attached hydrogens (tertiary/aromatic N) is 2. The van der Waals surface area contributed by atoms with Crippen molar-refractivity contribution in [1.82, 2.24) is 14.7 Å². The molecule has 5 heteroatoms. The van der Waals surface area contributed by atoms with Gasteiger partial charge in [-0.1, -0.05) is 0 Å². The number of aromatic nitrogens is 2. The van der Waals surface area contributed by atoms with Crippen molar-refractivity contribution in [1.29, 1.82) is 0 Å². The van der Waals surface area contributed by atoms with E-state index in [2.05, 4.69) is 27.0 Å². The highest BCUT2D eigenvalue weighted by Gasteiger charge is 2.29. The number of hydrogen-bond acceptors (Lipinski definition) is 4. The van der Waals surface area contributed by atoms with Crippen LogP contribution in [0.15, 0.2) is 5.38 Å². The van der Waals surface area contributed by atoms with E-state index in [1.54, 1.807) is 11.3 Å². The number of hydrogen-bond donors (Lipinski definition) is 2. The van der Waals surface area contributed by atoms with Crippen molar-refractivity contribution in [2.24, 2.45) is 5.92 Å². The summed E-state index contributed by atoms with van der Waals surface area (Å²) in [4.78, 5) is 5.62. The van der Waals surface area contributed by atoms with Crippen molar-refractivity contribution in [3.63, 3.8) is 0 Å². The fourth-order valence-corrected chi connectivity index (χ4v) is 3.29. The summed E-state index contributed by atoms with van der Waals surface area (Å²) in [6.07, 6.45) is 2.18. The number of aliphatic hydroxyl groups excluding tert-OH is 1. The van der Waals surface area contributed by atoms with Crippen molar-refractivity contribution in [3.05, 3.63) is 22.5 Å². The summed E-state index contributed by atoms with van der Waals surface area (Å²) in [5, 5.41) is 15.3. The predicted molar refractivity (Wildman–Crippen MR) is 73.0 cm³/mol. The van der Waals surface area contributed by atoms with E-state index < -0.39 is 0 Å². The Morgan fingerprint density at radius 3 is 3.06 bits per heavy atom. The average Bonchev–Trinajstić information content (AvgIpc) is 3.06. The molecular weight excluding hydrogens is 246 g/mol. The van der Waals surface area contributed by atoms with E-state index in [1.165, 1.54) is 24.2 Å². The zero-order valence-electron chi connectivity index (χ0n) is 10.8. The molecule has 0 saturated heterocycles. The number of fused-ring (bicyclic) bond motifs is 1. The van der Waals surface area contributed by atoms with Gasteiger partial charge in [-0.2, -0.15) is 0 Å². The first-order chi connectivity index (χ1) is 8.66. The number of rotatable bonds is 5. The number of aryl methyl sites for hydroxylation is 2. The molecule has 4 nitrogen and oxygen atoms in total. The lowest BCUT2D eigenvalue weighted by Crippen LogP contribution is -2.28. The largest absolute Gasteiger partial charge is 0.392 e. The Morgan fingerprint density at radius 1 is 1.56 bits per heavy atom. The lowest BCUT2D eigenvalue weighted by atomic mass is 10.2. The van der Waals surface area contributed by atoms with Crippen LogP contribution < -0.4 is 5.32 Å². The molecule has 2 heterocycles. The highest BCUT2D eigenvalue weighted by molar-refractivity contribution is 7.15. The molecule has 3 rings (SSSR count). The van der Waals surface area contributed by atoms with Crippen LogP contribution in [-0.2, 0) is 6.54 Å². The monoisotopic (exact) mass is 265 g/mol. The van der Waals surface area contributed by atoms with Crippen LogP contribution in [0.4, 0.5) is 0 Å². The minimum absolute atomic E-state index is 0.183. The lowest BCUT2D eigenvalue weighted by Gasteiger charge is -2.10. The van der Waals surface area contributed by atoms with Gasteiger partial charge < -0.3 is 10.4 Å². The number of aliphatic hydroxyl groups is 1.